The topological polar surface area (TPSA) is 38.0 Å². The summed E-state index contributed by atoms with van der Waals surface area (Å²) in [6, 6.07) is 0.616. The molecule has 1 aliphatic rings. The molecule has 0 spiro atoms. The van der Waals surface area contributed by atoms with Crippen LogP contribution in [0.5, 0.6) is 0 Å². The maximum absolute atomic E-state index is 5.48. The summed E-state index contributed by atoms with van der Waals surface area (Å²) >= 11 is 0.445. The predicted molar refractivity (Wildman–Crippen MR) is 44.2 cm³/mol. The molecule has 0 aliphatic carbocycles. The van der Waals surface area contributed by atoms with Crippen LogP contribution in [0.1, 0.15) is 26.7 Å². The standard InChI is InChI=1S/C8H18IN2/c1-7(3-6-10)11-8(2)4-5-9-8/h7,11H,3-6,10H2,1-2H3/q-1/t7-,8+/m1/s1. The quantitative estimate of drug-likeness (QED) is 0.337. The first-order chi connectivity index (χ1) is 5.16. The Hall–Kier alpha value is 0.650. The second-order valence-electron chi connectivity index (χ2n) is 3.39. The van der Waals surface area contributed by atoms with Gasteiger partial charge in [0, 0.05) is 0 Å². The Balaban J connectivity index is 2.18. The van der Waals surface area contributed by atoms with Crippen LogP contribution in [0, 0.1) is 0 Å². The van der Waals surface area contributed by atoms with Crippen LogP contribution in [0.3, 0.4) is 0 Å². The van der Waals surface area contributed by atoms with E-state index in [2.05, 4.69) is 19.2 Å². The van der Waals surface area contributed by atoms with E-state index < -0.39 is 0 Å². The summed E-state index contributed by atoms with van der Waals surface area (Å²) in [6.07, 6.45) is 2.49. The van der Waals surface area contributed by atoms with Crippen LogP contribution in [-0.4, -0.2) is 20.6 Å². The molecule has 2 atom stereocenters. The molecule has 0 saturated carbocycles. The van der Waals surface area contributed by atoms with Crippen LogP contribution in [0.4, 0.5) is 0 Å². The monoisotopic (exact) mass is 269 g/mol. The van der Waals surface area contributed by atoms with Gasteiger partial charge in [0.05, 0.1) is 0 Å². The maximum atomic E-state index is 5.48. The molecule has 2 nitrogen and oxygen atoms in total. The van der Waals surface area contributed by atoms with Gasteiger partial charge in [-0.3, -0.25) is 0 Å². The fourth-order valence-corrected chi connectivity index (χ4v) is 4.23. The Bertz CT molecular complexity index is 123. The van der Waals surface area contributed by atoms with Crippen molar-refractivity contribution >= 4 is 0 Å². The third kappa shape index (κ3) is 2.87. The minimum atomic E-state index is 0.445. The summed E-state index contributed by atoms with van der Waals surface area (Å²) in [7, 11) is 0. The van der Waals surface area contributed by atoms with Crippen molar-refractivity contribution in [2.45, 2.75) is 36.3 Å². The number of halogens is 1. The molecule has 1 saturated heterocycles. The van der Waals surface area contributed by atoms with Gasteiger partial charge in [-0.2, -0.15) is 0 Å². The van der Waals surface area contributed by atoms with Crippen molar-refractivity contribution in [1.82, 2.24) is 5.32 Å². The van der Waals surface area contributed by atoms with Crippen LogP contribution in [0.15, 0.2) is 0 Å². The number of alkyl halides is 2. The van der Waals surface area contributed by atoms with Gasteiger partial charge < -0.3 is 0 Å². The van der Waals surface area contributed by atoms with Crippen molar-refractivity contribution in [3.63, 3.8) is 0 Å². The summed E-state index contributed by atoms with van der Waals surface area (Å²) in [5, 5.41) is 3.66. The van der Waals surface area contributed by atoms with Gasteiger partial charge in [0.15, 0.2) is 0 Å². The Morgan fingerprint density at radius 3 is 2.73 bits per heavy atom. The average Bonchev–Trinajstić information content (AvgIpc) is 1.85. The van der Waals surface area contributed by atoms with Gasteiger partial charge in [-0.1, -0.05) is 0 Å². The van der Waals surface area contributed by atoms with Crippen LogP contribution >= 0.6 is 0 Å². The first-order valence-corrected chi connectivity index (χ1v) is 6.85. The third-order valence-electron chi connectivity index (χ3n) is 2.10. The van der Waals surface area contributed by atoms with Gasteiger partial charge in [0.2, 0.25) is 0 Å². The van der Waals surface area contributed by atoms with E-state index in [4.69, 9.17) is 5.73 Å². The normalized spacial score (nSPS) is 33.7. The van der Waals surface area contributed by atoms with Crippen molar-refractivity contribution in [1.29, 1.82) is 0 Å². The molecule has 1 heterocycles. The molecule has 0 aromatic carbocycles. The molecule has 11 heavy (non-hydrogen) atoms. The number of hydrogen-bond donors (Lipinski definition) is 2. The number of hydrogen-bond acceptors (Lipinski definition) is 2. The molecule has 0 unspecified atom stereocenters. The van der Waals surface area contributed by atoms with E-state index in [1.165, 1.54) is 10.8 Å². The number of nitrogens with two attached hydrogens (primary N) is 1. The molecule has 0 aromatic rings. The Kier molecular flexibility index (Phi) is 3.58. The fourth-order valence-electron chi connectivity index (χ4n) is 1.32. The number of rotatable bonds is 4. The van der Waals surface area contributed by atoms with Crippen LogP contribution < -0.4 is 32.3 Å². The average molecular weight is 269 g/mol. The molecular formula is C8H18IN2-. The minimum absolute atomic E-state index is 0.445. The van der Waals surface area contributed by atoms with Crippen molar-refractivity contribution < 1.29 is 21.2 Å². The van der Waals surface area contributed by atoms with E-state index in [1.807, 2.05) is 0 Å². The van der Waals surface area contributed by atoms with Gasteiger partial charge >= 0.3 is 79.5 Å². The van der Waals surface area contributed by atoms with Crippen molar-refractivity contribution in [2.24, 2.45) is 5.73 Å². The molecule has 3 heteroatoms. The van der Waals surface area contributed by atoms with E-state index in [0.717, 1.165) is 13.0 Å². The van der Waals surface area contributed by atoms with Crippen molar-refractivity contribution in [3.8, 4) is 0 Å². The first-order valence-electron chi connectivity index (χ1n) is 4.24. The van der Waals surface area contributed by atoms with Crippen molar-refractivity contribution in [2.75, 3.05) is 11.0 Å². The van der Waals surface area contributed by atoms with E-state index in [1.54, 1.807) is 0 Å². The first kappa shape index (κ1) is 9.74. The zero-order chi connectivity index (χ0) is 8.32. The Morgan fingerprint density at radius 1 is 1.73 bits per heavy atom. The molecule has 1 rings (SSSR count). The van der Waals surface area contributed by atoms with Gasteiger partial charge in [0.25, 0.3) is 0 Å². The molecular weight excluding hydrogens is 251 g/mol. The second kappa shape index (κ2) is 4.05. The molecule has 0 amide bonds. The molecule has 3 N–H and O–H groups in total. The third-order valence-corrected chi connectivity index (χ3v) is 5.71. The summed E-state index contributed by atoms with van der Waals surface area (Å²) in [6.45, 7) is 5.40. The van der Waals surface area contributed by atoms with Crippen LogP contribution in [0.25, 0.3) is 0 Å². The summed E-state index contributed by atoms with van der Waals surface area (Å²) in [5.74, 6) is 0. The molecule has 1 fully saturated rings. The van der Waals surface area contributed by atoms with Crippen LogP contribution in [0.2, 0.25) is 0 Å². The Morgan fingerprint density at radius 2 is 2.36 bits per heavy atom. The SMILES string of the molecule is C[C@H](CCN)N[C@@]1(C)CC[I-]1. The Labute approximate surface area is 79.6 Å². The molecule has 0 bridgehead atoms. The molecule has 68 valence electrons. The van der Waals surface area contributed by atoms with E-state index >= 15 is 0 Å². The van der Waals surface area contributed by atoms with Crippen molar-refractivity contribution in [3.05, 3.63) is 0 Å². The summed E-state index contributed by atoms with van der Waals surface area (Å²) in [4.78, 5) is 0. The van der Waals surface area contributed by atoms with E-state index in [-0.39, 0.29) is 0 Å². The number of nitrogens with one attached hydrogen (secondary N) is 1. The fraction of sp³-hybridized carbons (Fsp3) is 1.00. The molecule has 0 radical (unpaired) electrons. The second-order valence-corrected chi connectivity index (χ2v) is 7.62. The van der Waals surface area contributed by atoms with Gasteiger partial charge in [-0.15, -0.1) is 0 Å². The van der Waals surface area contributed by atoms with Gasteiger partial charge in [0.1, 0.15) is 0 Å². The van der Waals surface area contributed by atoms with Crippen LogP contribution in [-0.2, 0) is 0 Å². The predicted octanol–water partition coefficient (Wildman–Crippen LogP) is -2.48. The molecule has 0 aromatic heterocycles. The molecule has 1 aliphatic heterocycles. The van der Waals surface area contributed by atoms with E-state index in [9.17, 15) is 0 Å². The zero-order valence-electron chi connectivity index (χ0n) is 7.36. The summed E-state index contributed by atoms with van der Waals surface area (Å²) < 4.78 is 2.05. The van der Waals surface area contributed by atoms with E-state index in [0.29, 0.717) is 30.8 Å². The summed E-state index contributed by atoms with van der Waals surface area (Å²) in [5.41, 5.74) is 5.48. The van der Waals surface area contributed by atoms with Gasteiger partial charge in [-0.25, -0.2) is 0 Å². The zero-order valence-corrected chi connectivity index (χ0v) is 9.52. The van der Waals surface area contributed by atoms with Gasteiger partial charge in [-0.05, 0) is 0 Å².